The topological polar surface area (TPSA) is 52.7 Å². The molecular weight excluding hydrogens is 338 g/mol. The number of hydrogen-bond acceptors (Lipinski definition) is 3. The van der Waals surface area contributed by atoms with E-state index in [0.29, 0.717) is 36.9 Å². The van der Waals surface area contributed by atoms with E-state index < -0.39 is 0 Å². The zero-order chi connectivity index (χ0) is 19.6. The molecule has 2 amide bonds. The number of carbonyl (C=O) groups is 2. The normalized spacial score (nSPS) is 19.9. The Kier molecular flexibility index (Phi) is 6.20. The van der Waals surface area contributed by atoms with Gasteiger partial charge in [-0.15, -0.1) is 0 Å². The maximum absolute atomic E-state index is 12.7. The molecule has 1 saturated heterocycles. The number of fused-ring (bicyclic) bond motifs is 1. The lowest BCUT2D eigenvalue weighted by molar-refractivity contribution is -0.118. The van der Waals surface area contributed by atoms with Gasteiger partial charge in [0.05, 0.1) is 0 Å². The first kappa shape index (κ1) is 19.9. The lowest BCUT2D eigenvalue weighted by atomic mass is 9.94. The highest BCUT2D eigenvalue weighted by Gasteiger charge is 2.26. The number of benzene rings is 1. The van der Waals surface area contributed by atoms with Crippen LogP contribution in [0.15, 0.2) is 18.2 Å². The highest BCUT2D eigenvalue weighted by atomic mass is 16.2. The molecule has 148 valence electrons. The number of likely N-dealkylation sites (tertiary alicyclic amines) is 1. The summed E-state index contributed by atoms with van der Waals surface area (Å²) >= 11 is 0. The molecule has 0 spiro atoms. The van der Waals surface area contributed by atoms with Crippen molar-refractivity contribution in [2.45, 2.75) is 52.5 Å². The standard InChI is InChI=1S/C22H33N3O2/c1-15(2)20(25-11-9-16(3)10-12-25)14-23-22(27)18-5-7-19-17(13-18)6-8-21(26)24(19)4/h5,7,13,15-16,20H,6,8-12,14H2,1-4H3,(H,23,27). The average molecular weight is 372 g/mol. The summed E-state index contributed by atoms with van der Waals surface area (Å²) in [6, 6.07) is 6.05. The van der Waals surface area contributed by atoms with E-state index in [1.54, 1.807) is 11.9 Å². The van der Waals surface area contributed by atoms with Crippen LogP contribution in [0, 0.1) is 11.8 Å². The van der Waals surface area contributed by atoms with Gasteiger partial charge in [0, 0.05) is 37.3 Å². The summed E-state index contributed by atoms with van der Waals surface area (Å²) in [5.41, 5.74) is 2.69. The van der Waals surface area contributed by atoms with Gasteiger partial charge in [-0.3, -0.25) is 14.5 Å². The third-order valence-corrected chi connectivity index (χ3v) is 6.21. The molecule has 0 bridgehead atoms. The number of nitrogens with zero attached hydrogens (tertiary/aromatic N) is 2. The van der Waals surface area contributed by atoms with Gasteiger partial charge in [0.15, 0.2) is 0 Å². The molecular formula is C22H33N3O2. The fourth-order valence-electron chi connectivity index (χ4n) is 4.24. The molecule has 2 aliphatic rings. The summed E-state index contributed by atoms with van der Waals surface area (Å²) in [5.74, 6) is 1.43. The first-order valence-electron chi connectivity index (χ1n) is 10.3. The van der Waals surface area contributed by atoms with Gasteiger partial charge in [0.2, 0.25) is 5.91 Å². The fourth-order valence-corrected chi connectivity index (χ4v) is 4.24. The van der Waals surface area contributed by atoms with Crippen LogP contribution < -0.4 is 10.2 Å². The molecule has 1 atom stereocenters. The molecule has 0 radical (unpaired) electrons. The number of piperidine rings is 1. The highest BCUT2D eigenvalue weighted by molar-refractivity contribution is 5.98. The molecule has 1 fully saturated rings. The average Bonchev–Trinajstić information content (AvgIpc) is 2.65. The SMILES string of the molecule is CC1CCN(C(CNC(=O)c2ccc3c(c2)CCC(=O)N3C)C(C)C)CC1. The van der Waals surface area contributed by atoms with Gasteiger partial charge in [0.25, 0.3) is 5.91 Å². The minimum absolute atomic E-state index is 0.0200. The monoisotopic (exact) mass is 371 g/mol. The zero-order valence-corrected chi connectivity index (χ0v) is 17.1. The number of hydrogen-bond donors (Lipinski definition) is 1. The van der Waals surface area contributed by atoms with E-state index >= 15 is 0 Å². The van der Waals surface area contributed by atoms with Crippen LogP contribution in [0.5, 0.6) is 0 Å². The molecule has 2 aliphatic heterocycles. The van der Waals surface area contributed by atoms with E-state index in [9.17, 15) is 9.59 Å². The summed E-state index contributed by atoms with van der Waals surface area (Å²) in [6.45, 7) is 9.73. The molecule has 0 aliphatic carbocycles. The Morgan fingerprint density at radius 1 is 1.22 bits per heavy atom. The Hall–Kier alpha value is -1.88. The van der Waals surface area contributed by atoms with E-state index in [4.69, 9.17) is 0 Å². The first-order valence-corrected chi connectivity index (χ1v) is 10.3. The largest absolute Gasteiger partial charge is 0.350 e. The molecule has 3 rings (SSSR count). The maximum atomic E-state index is 12.7. The van der Waals surface area contributed by atoms with Gasteiger partial charge < -0.3 is 10.2 Å². The Morgan fingerprint density at radius 2 is 1.93 bits per heavy atom. The van der Waals surface area contributed by atoms with Gasteiger partial charge >= 0.3 is 0 Å². The van der Waals surface area contributed by atoms with Gasteiger partial charge in [0.1, 0.15) is 0 Å². The molecule has 1 N–H and O–H groups in total. The summed E-state index contributed by atoms with van der Waals surface area (Å²) in [4.78, 5) is 28.8. The quantitative estimate of drug-likeness (QED) is 0.865. The smallest absolute Gasteiger partial charge is 0.251 e. The molecule has 27 heavy (non-hydrogen) atoms. The Bertz CT molecular complexity index is 693. The number of nitrogens with one attached hydrogen (secondary N) is 1. The van der Waals surface area contributed by atoms with E-state index in [-0.39, 0.29) is 11.8 Å². The van der Waals surface area contributed by atoms with Crippen molar-refractivity contribution in [2.75, 3.05) is 31.6 Å². The van der Waals surface area contributed by atoms with Crippen molar-refractivity contribution in [3.8, 4) is 0 Å². The highest BCUT2D eigenvalue weighted by Crippen LogP contribution is 2.27. The van der Waals surface area contributed by atoms with E-state index in [0.717, 1.165) is 30.3 Å². The first-order chi connectivity index (χ1) is 12.9. The molecule has 0 saturated carbocycles. The number of carbonyl (C=O) groups excluding carboxylic acids is 2. The van der Waals surface area contributed by atoms with Crippen molar-refractivity contribution < 1.29 is 9.59 Å². The predicted octanol–water partition coefficient (Wildman–Crippen LogP) is 3.08. The number of aryl methyl sites for hydroxylation is 1. The lowest BCUT2D eigenvalue weighted by Gasteiger charge is -2.39. The lowest BCUT2D eigenvalue weighted by Crippen LogP contribution is -2.49. The molecule has 2 heterocycles. The maximum Gasteiger partial charge on any atom is 0.251 e. The van der Waals surface area contributed by atoms with Crippen molar-refractivity contribution in [1.29, 1.82) is 0 Å². The van der Waals surface area contributed by atoms with Crippen molar-refractivity contribution >= 4 is 17.5 Å². The zero-order valence-electron chi connectivity index (χ0n) is 17.1. The second-order valence-corrected chi connectivity index (χ2v) is 8.54. The van der Waals surface area contributed by atoms with Crippen LogP contribution >= 0.6 is 0 Å². The van der Waals surface area contributed by atoms with Crippen LogP contribution in [0.4, 0.5) is 5.69 Å². The Balaban J connectivity index is 1.63. The van der Waals surface area contributed by atoms with Crippen molar-refractivity contribution in [3.63, 3.8) is 0 Å². The third-order valence-electron chi connectivity index (χ3n) is 6.21. The van der Waals surface area contributed by atoms with Crippen molar-refractivity contribution in [1.82, 2.24) is 10.2 Å². The molecule has 0 aromatic heterocycles. The Morgan fingerprint density at radius 3 is 2.59 bits per heavy atom. The number of anilines is 1. The van der Waals surface area contributed by atoms with E-state index in [1.807, 2.05) is 18.2 Å². The second kappa shape index (κ2) is 8.42. The molecule has 5 heteroatoms. The van der Waals surface area contributed by atoms with Gasteiger partial charge in [-0.05, 0) is 68.0 Å². The van der Waals surface area contributed by atoms with Crippen molar-refractivity contribution in [2.24, 2.45) is 11.8 Å². The van der Waals surface area contributed by atoms with Gasteiger partial charge in [-0.2, -0.15) is 0 Å². The molecule has 1 aromatic rings. The molecule has 1 aromatic carbocycles. The van der Waals surface area contributed by atoms with Gasteiger partial charge in [-0.1, -0.05) is 20.8 Å². The fraction of sp³-hybridized carbons (Fsp3) is 0.636. The number of amides is 2. The summed E-state index contributed by atoms with van der Waals surface area (Å²) in [7, 11) is 1.80. The number of rotatable bonds is 5. The molecule has 1 unspecified atom stereocenters. The summed E-state index contributed by atoms with van der Waals surface area (Å²) < 4.78 is 0. The third kappa shape index (κ3) is 4.52. The minimum atomic E-state index is -0.0200. The van der Waals surface area contributed by atoms with Crippen LogP contribution in [-0.4, -0.2) is 49.4 Å². The predicted molar refractivity (Wildman–Crippen MR) is 109 cm³/mol. The van der Waals surface area contributed by atoms with Crippen LogP contribution in [0.25, 0.3) is 0 Å². The van der Waals surface area contributed by atoms with Crippen molar-refractivity contribution in [3.05, 3.63) is 29.3 Å². The molecule has 5 nitrogen and oxygen atoms in total. The van der Waals surface area contributed by atoms with Crippen LogP contribution in [0.3, 0.4) is 0 Å². The van der Waals surface area contributed by atoms with E-state index in [2.05, 4.69) is 31.0 Å². The van der Waals surface area contributed by atoms with Crippen LogP contribution in [-0.2, 0) is 11.2 Å². The second-order valence-electron chi connectivity index (χ2n) is 8.54. The summed E-state index contributed by atoms with van der Waals surface area (Å²) in [6.07, 6.45) is 3.71. The van der Waals surface area contributed by atoms with Gasteiger partial charge in [-0.25, -0.2) is 0 Å². The minimum Gasteiger partial charge on any atom is -0.350 e. The van der Waals surface area contributed by atoms with E-state index in [1.165, 1.54) is 12.8 Å². The summed E-state index contributed by atoms with van der Waals surface area (Å²) in [5, 5.41) is 3.15. The Labute approximate surface area is 163 Å². The van der Waals surface area contributed by atoms with Crippen LogP contribution in [0.2, 0.25) is 0 Å². The van der Waals surface area contributed by atoms with Crippen LogP contribution in [0.1, 0.15) is 56.0 Å².